The van der Waals surface area contributed by atoms with Crippen molar-refractivity contribution >= 4 is 17.8 Å². The van der Waals surface area contributed by atoms with Crippen molar-refractivity contribution < 1.29 is 19.2 Å². The van der Waals surface area contributed by atoms with Crippen molar-refractivity contribution in [1.82, 2.24) is 20.1 Å². The number of carbonyl (C=O) groups excluding carboxylic acids is 3. The summed E-state index contributed by atoms with van der Waals surface area (Å²) in [5.41, 5.74) is 1.95. The van der Waals surface area contributed by atoms with Crippen LogP contribution >= 0.6 is 0 Å². The maximum absolute atomic E-state index is 12.3. The minimum Gasteiger partial charge on any atom is -0.322 e. The Balaban J connectivity index is 1.56. The highest BCUT2D eigenvalue weighted by Gasteiger charge is 2.39. The van der Waals surface area contributed by atoms with Crippen LogP contribution in [0.15, 0.2) is 54.7 Å². The van der Waals surface area contributed by atoms with Gasteiger partial charge in [-0.05, 0) is 30.7 Å². The van der Waals surface area contributed by atoms with Crippen LogP contribution in [-0.2, 0) is 4.84 Å². The van der Waals surface area contributed by atoms with Gasteiger partial charge in [0, 0.05) is 0 Å². The van der Waals surface area contributed by atoms with Crippen molar-refractivity contribution in [3.8, 4) is 5.69 Å². The number of carbonyl (C=O) groups is 3. The molecule has 26 heavy (non-hydrogen) atoms. The number of nitrogens with zero attached hydrogens (tertiary/aromatic N) is 4. The van der Waals surface area contributed by atoms with Gasteiger partial charge in [-0.1, -0.05) is 40.6 Å². The minimum absolute atomic E-state index is 0.121. The highest BCUT2D eigenvalue weighted by molar-refractivity contribution is 6.21. The molecule has 2 amide bonds. The molecule has 3 aromatic rings. The molecule has 0 unspecified atom stereocenters. The summed E-state index contributed by atoms with van der Waals surface area (Å²) in [5.74, 6) is -2.32. The summed E-state index contributed by atoms with van der Waals surface area (Å²) >= 11 is 0. The first-order chi connectivity index (χ1) is 12.6. The minimum atomic E-state index is -0.945. The molecule has 1 aliphatic rings. The number of aromatic nitrogens is 3. The van der Waals surface area contributed by atoms with Gasteiger partial charge in [-0.3, -0.25) is 9.59 Å². The van der Waals surface area contributed by atoms with Crippen LogP contribution < -0.4 is 0 Å². The lowest BCUT2D eigenvalue weighted by Crippen LogP contribution is -2.32. The highest BCUT2D eigenvalue weighted by Crippen LogP contribution is 2.23. The quantitative estimate of drug-likeness (QED) is 0.672. The molecule has 128 valence electrons. The third-order valence-electron chi connectivity index (χ3n) is 4.00. The Morgan fingerprint density at radius 1 is 0.962 bits per heavy atom. The fourth-order valence-corrected chi connectivity index (χ4v) is 2.68. The number of hydrogen-bond donors (Lipinski definition) is 0. The van der Waals surface area contributed by atoms with Gasteiger partial charge in [-0.2, -0.15) is 0 Å². The van der Waals surface area contributed by atoms with Gasteiger partial charge in [0.1, 0.15) is 0 Å². The predicted molar refractivity (Wildman–Crippen MR) is 88.5 cm³/mol. The summed E-state index contributed by atoms with van der Waals surface area (Å²) in [4.78, 5) is 41.7. The predicted octanol–water partition coefficient (Wildman–Crippen LogP) is 1.94. The molecule has 0 atom stereocenters. The molecule has 2 aromatic carbocycles. The van der Waals surface area contributed by atoms with Crippen LogP contribution in [0.3, 0.4) is 0 Å². The van der Waals surface area contributed by atoms with E-state index in [1.807, 2.05) is 31.2 Å². The van der Waals surface area contributed by atoms with Crippen molar-refractivity contribution in [1.29, 1.82) is 0 Å². The molecule has 0 N–H and O–H groups in total. The average molecular weight is 348 g/mol. The first kappa shape index (κ1) is 15.7. The second-order valence-electron chi connectivity index (χ2n) is 5.66. The summed E-state index contributed by atoms with van der Waals surface area (Å²) in [6.45, 7) is 1.90. The van der Waals surface area contributed by atoms with E-state index >= 15 is 0 Å². The first-order valence-electron chi connectivity index (χ1n) is 7.75. The van der Waals surface area contributed by atoms with E-state index < -0.39 is 17.8 Å². The molecular weight excluding hydrogens is 336 g/mol. The van der Waals surface area contributed by atoms with E-state index in [9.17, 15) is 14.4 Å². The van der Waals surface area contributed by atoms with E-state index in [4.69, 9.17) is 4.84 Å². The summed E-state index contributed by atoms with van der Waals surface area (Å²) in [5, 5.41) is 8.11. The van der Waals surface area contributed by atoms with Gasteiger partial charge < -0.3 is 4.84 Å². The van der Waals surface area contributed by atoms with Gasteiger partial charge in [-0.25, -0.2) is 9.48 Å². The molecule has 0 aliphatic carbocycles. The van der Waals surface area contributed by atoms with Crippen LogP contribution in [0.1, 0.15) is 36.8 Å². The SMILES string of the molecule is Cc1ccccc1-n1cc(C(=O)ON2C(=O)c3ccccc3C2=O)nn1. The van der Waals surface area contributed by atoms with Crippen molar-refractivity contribution in [3.05, 3.63) is 77.1 Å². The lowest BCUT2D eigenvalue weighted by atomic mass is 10.1. The highest BCUT2D eigenvalue weighted by atomic mass is 16.7. The number of hydroxylamine groups is 2. The third-order valence-corrected chi connectivity index (χ3v) is 4.00. The lowest BCUT2D eigenvalue weighted by Gasteiger charge is -2.11. The van der Waals surface area contributed by atoms with Crippen molar-refractivity contribution in [2.24, 2.45) is 0 Å². The maximum Gasteiger partial charge on any atom is 0.385 e. The van der Waals surface area contributed by atoms with Crippen molar-refractivity contribution in [2.75, 3.05) is 0 Å². The van der Waals surface area contributed by atoms with Gasteiger partial charge in [0.05, 0.1) is 23.0 Å². The standard InChI is InChI=1S/C18H12N4O4/c1-11-6-2-5-9-15(11)21-10-14(19-20-21)18(25)26-22-16(23)12-7-3-4-8-13(12)17(22)24/h2-10H,1H3. The Morgan fingerprint density at radius 2 is 1.58 bits per heavy atom. The topological polar surface area (TPSA) is 94.4 Å². The zero-order valence-electron chi connectivity index (χ0n) is 13.6. The van der Waals surface area contributed by atoms with Crippen LogP contribution in [0.4, 0.5) is 0 Å². The monoisotopic (exact) mass is 348 g/mol. The number of aryl methyl sites for hydroxylation is 1. The van der Waals surface area contributed by atoms with E-state index in [-0.39, 0.29) is 16.8 Å². The summed E-state index contributed by atoms with van der Waals surface area (Å²) in [7, 11) is 0. The fourth-order valence-electron chi connectivity index (χ4n) is 2.68. The molecular formula is C18H12N4O4. The van der Waals surface area contributed by atoms with Gasteiger partial charge in [0.15, 0.2) is 5.69 Å². The number of fused-ring (bicyclic) bond motifs is 1. The molecule has 2 heterocycles. The molecule has 8 nitrogen and oxygen atoms in total. The second kappa shape index (κ2) is 5.92. The molecule has 0 saturated carbocycles. The van der Waals surface area contributed by atoms with Crippen LogP contribution in [0.2, 0.25) is 0 Å². The Bertz CT molecular complexity index is 1020. The van der Waals surface area contributed by atoms with Crippen molar-refractivity contribution in [2.45, 2.75) is 6.92 Å². The molecule has 4 rings (SSSR count). The number of imide groups is 1. The number of amides is 2. The van der Waals surface area contributed by atoms with Gasteiger partial charge in [0.2, 0.25) is 0 Å². The summed E-state index contributed by atoms with van der Waals surface area (Å²) in [6, 6.07) is 13.7. The summed E-state index contributed by atoms with van der Waals surface area (Å²) in [6.07, 6.45) is 1.38. The summed E-state index contributed by atoms with van der Waals surface area (Å²) < 4.78 is 1.42. The first-order valence-corrected chi connectivity index (χ1v) is 7.75. The molecule has 1 aromatic heterocycles. The number of para-hydroxylation sites is 1. The Hall–Kier alpha value is -3.81. The lowest BCUT2D eigenvalue weighted by molar-refractivity contribution is -0.0588. The van der Waals surface area contributed by atoms with E-state index in [0.29, 0.717) is 5.06 Å². The van der Waals surface area contributed by atoms with Crippen molar-refractivity contribution in [3.63, 3.8) is 0 Å². The zero-order valence-corrected chi connectivity index (χ0v) is 13.6. The van der Waals surface area contributed by atoms with E-state index in [1.54, 1.807) is 12.1 Å². The van der Waals surface area contributed by atoms with Gasteiger partial charge in [0.25, 0.3) is 11.8 Å². The van der Waals surface area contributed by atoms with E-state index in [0.717, 1.165) is 11.3 Å². The van der Waals surface area contributed by atoms with Crippen LogP contribution in [0.5, 0.6) is 0 Å². The number of rotatable bonds is 3. The van der Waals surface area contributed by atoms with Crippen LogP contribution in [0.25, 0.3) is 5.69 Å². The molecule has 0 spiro atoms. The number of benzene rings is 2. The molecule has 8 heteroatoms. The van der Waals surface area contributed by atoms with Crippen LogP contribution in [0, 0.1) is 6.92 Å². The Morgan fingerprint density at radius 3 is 2.23 bits per heavy atom. The molecule has 0 bridgehead atoms. The van der Waals surface area contributed by atoms with Gasteiger partial charge in [-0.15, -0.1) is 5.10 Å². The second-order valence-corrected chi connectivity index (χ2v) is 5.66. The number of hydrogen-bond acceptors (Lipinski definition) is 6. The molecule has 0 saturated heterocycles. The van der Waals surface area contributed by atoms with Crippen LogP contribution in [-0.4, -0.2) is 37.8 Å². The smallest absolute Gasteiger partial charge is 0.322 e. The average Bonchev–Trinajstić information content (AvgIpc) is 3.23. The third kappa shape index (κ3) is 2.44. The van der Waals surface area contributed by atoms with E-state index in [2.05, 4.69) is 10.3 Å². The molecule has 0 radical (unpaired) electrons. The maximum atomic E-state index is 12.3. The normalized spacial score (nSPS) is 13.0. The molecule has 1 aliphatic heterocycles. The fraction of sp³-hybridized carbons (Fsp3) is 0.0556. The largest absolute Gasteiger partial charge is 0.385 e. The van der Waals surface area contributed by atoms with E-state index in [1.165, 1.54) is 23.0 Å². The Labute approximate surface area is 147 Å². The Kier molecular flexibility index (Phi) is 3.58. The van der Waals surface area contributed by atoms with Gasteiger partial charge >= 0.3 is 5.97 Å². The molecule has 0 fully saturated rings. The zero-order chi connectivity index (χ0) is 18.3.